The average Bonchev–Trinajstić information content (AvgIpc) is 3.06. The molecule has 7 heteroatoms. The summed E-state index contributed by atoms with van der Waals surface area (Å²) in [6, 6.07) is 8.97. The van der Waals surface area contributed by atoms with Crippen LogP contribution in [0.5, 0.6) is 5.88 Å². The lowest BCUT2D eigenvalue weighted by Gasteiger charge is -2.19. The van der Waals surface area contributed by atoms with E-state index in [-0.39, 0.29) is 31.2 Å². The second kappa shape index (κ2) is 9.91. The molecule has 1 heterocycles. The molecule has 7 nitrogen and oxygen atoms in total. The van der Waals surface area contributed by atoms with Gasteiger partial charge in [0.25, 0.3) is 5.88 Å². The third-order valence-electron chi connectivity index (χ3n) is 3.96. The molecular weight excluding hydrogens is 334 g/mol. The summed E-state index contributed by atoms with van der Waals surface area (Å²) in [7, 11) is 0. The van der Waals surface area contributed by atoms with Crippen LogP contribution in [0.25, 0.3) is 0 Å². The summed E-state index contributed by atoms with van der Waals surface area (Å²) in [5.74, 6) is -0.00906. The molecule has 0 saturated carbocycles. The molecule has 2 aromatic rings. The van der Waals surface area contributed by atoms with Crippen LogP contribution in [0.3, 0.4) is 0 Å². The molecule has 0 bridgehead atoms. The average molecular weight is 361 g/mol. The lowest BCUT2D eigenvalue weighted by molar-refractivity contribution is -0.151. The van der Waals surface area contributed by atoms with Gasteiger partial charge in [0.1, 0.15) is 6.61 Å². The molecule has 1 N–H and O–H groups in total. The molecule has 0 aliphatic carbocycles. The summed E-state index contributed by atoms with van der Waals surface area (Å²) < 4.78 is 12.6. The minimum absolute atomic E-state index is 0.0142. The van der Waals surface area contributed by atoms with Gasteiger partial charge in [0.15, 0.2) is 6.04 Å². The quantitative estimate of drug-likeness (QED) is 0.655. The molecular formula is C19H27N3O4. The van der Waals surface area contributed by atoms with Crippen LogP contribution in [0.1, 0.15) is 45.2 Å². The number of benzene rings is 1. The van der Waals surface area contributed by atoms with Gasteiger partial charge in [-0.1, -0.05) is 54.5 Å². The van der Waals surface area contributed by atoms with E-state index in [9.17, 15) is 4.79 Å². The highest BCUT2D eigenvalue weighted by Gasteiger charge is 2.27. The standard InChI is InChI=1S/C19H27N3O4/c1-14(2)18(19(24)25-13-16-9-5-4-6-10-16)22-12-17(20-21-22)26-15(3)8-7-11-23/h4-6,9-10,12,14-15,18,23H,7-8,11,13H2,1-3H3/t15?,18-/m0/s1. The highest BCUT2D eigenvalue weighted by Crippen LogP contribution is 2.21. The summed E-state index contributed by atoms with van der Waals surface area (Å²) >= 11 is 0. The minimum atomic E-state index is -0.573. The van der Waals surface area contributed by atoms with E-state index in [4.69, 9.17) is 14.6 Å². The molecule has 1 aromatic carbocycles. The predicted molar refractivity (Wildman–Crippen MR) is 96.5 cm³/mol. The van der Waals surface area contributed by atoms with Crippen LogP contribution in [0.15, 0.2) is 36.5 Å². The Morgan fingerprint density at radius 3 is 2.62 bits per heavy atom. The van der Waals surface area contributed by atoms with Crippen molar-refractivity contribution in [3.63, 3.8) is 0 Å². The molecule has 0 radical (unpaired) electrons. The fourth-order valence-electron chi connectivity index (χ4n) is 2.59. The number of hydrogen-bond donors (Lipinski definition) is 1. The minimum Gasteiger partial charge on any atom is -0.472 e. The monoisotopic (exact) mass is 361 g/mol. The summed E-state index contributed by atoms with van der Waals surface area (Å²) in [4.78, 5) is 12.6. The summed E-state index contributed by atoms with van der Waals surface area (Å²) in [6.07, 6.45) is 2.91. The van der Waals surface area contributed by atoms with Gasteiger partial charge in [0.05, 0.1) is 12.3 Å². The first-order valence-corrected chi connectivity index (χ1v) is 8.91. The Kier molecular flexibility index (Phi) is 7.59. The van der Waals surface area contributed by atoms with Crippen molar-refractivity contribution in [2.24, 2.45) is 5.92 Å². The molecule has 0 fully saturated rings. The first-order chi connectivity index (χ1) is 12.5. The van der Waals surface area contributed by atoms with Crippen molar-refractivity contribution < 1.29 is 19.4 Å². The Hall–Kier alpha value is -2.41. The van der Waals surface area contributed by atoms with Crippen molar-refractivity contribution >= 4 is 5.97 Å². The highest BCUT2D eigenvalue weighted by molar-refractivity contribution is 5.74. The topological polar surface area (TPSA) is 86.5 Å². The van der Waals surface area contributed by atoms with Crippen LogP contribution >= 0.6 is 0 Å². The molecule has 0 saturated heterocycles. The first kappa shape index (κ1) is 19.9. The number of ether oxygens (including phenoxy) is 2. The number of carbonyl (C=O) groups excluding carboxylic acids is 1. The van der Waals surface area contributed by atoms with Gasteiger partial charge in [0, 0.05) is 6.61 Å². The van der Waals surface area contributed by atoms with Crippen LogP contribution < -0.4 is 4.74 Å². The van der Waals surface area contributed by atoms with E-state index in [1.807, 2.05) is 51.1 Å². The zero-order chi connectivity index (χ0) is 18.9. The third-order valence-corrected chi connectivity index (χ3v) is 3.96. The van der Waals surface area contributed by atoms with Crippen molar-refractivity contribution in [3.8, 4) is 5.88 Å². The van der Waals surface area contributed by atoms with E-state index in [0.717, 1.165) is 12.0 Å². The van der Waals surface area contributed by atoms with Crippen molar-refractivity contribution in [2.75, 3.05) is 6.61 Å². The maximum atomic E-state index is 12.6. The van der Waals surface area contributed by atoms with E-state index in [2.05, 4.69) is 10.3 Å². The van der Waals surface area contributed by atoms with Gasteiger partial charge in [-0.3, -0.25) is 0 Å². The number of aliphatic hydroxyl groups is 1. The fraction of sp³-hybridized carbons (Fsp3) is 0.526. The largest absolute Gasteiger partial charge is 0.472 e. The zero-order valence-electron chi connectivity index (χ0n) is 15.5. The Balaban J connectivity index is 1.99. The van der Waals surface area contributed by atoms with Crippen LogP contribution in [0.2, 0.25) is 0 Å². The van der Waals surface area contributed by atoms with E-state index in [1.165, 1.54) is 4.68 Å². The van der Waals surface area contributed by atoms with Gasteiger partial charge in [-0.05, 0) is 31.2 Å². The lowest BCUT2D eigenvalue weighted by Crippen LogP contribution is -2.27. The number of aromatic nitrogens is 3. The number of carbonyl (C=O) groups is 1. The molecule has 26 heavy (non-hydrogen) atoms. The van der Waals surface area contributed by atoms with Gasteiger partial charge < -0.3 is 14.6 Å². The van der Waals surface area contributed by atoms with Crippen LogP contribution in [0.4, 0.5) is 0 Å². The Bertz CT molecular complexity index is 672. The van der Waals surface area contributed by atoms with Crippen molar-refractivity contribution in [1.82, 2.24) is 15.0 Å². The van der Waals surface area contributed by atoms with E-state index >= 15 is 0 Å². The third kappa shape index (κ3) is 5.84. The van der Waals surface area contributed by atoms with Crippen LogP contribution in [0, 0.1) is 5.92 Å². The maximum absolute atomic E-state index is 12.6. The van der Waals surface area contributed by atoms with E-state index < -0.39 is 6.04 Å². The zero-order valence-corrected chi connectivity index (χ0v) is 15.5. The number of rotatable bonds is 10. The number of esters is 1. The smallest absolute Gasteiger partial charge is 0.331 e. The second-order valence-corrected chi connectivity index (χ2v) is 6.61. The second-order valence-electron chi connectivity index (χ2n) is 6.61. The van der Waals surface area contributed by atoms with Crippen LogP contribution in [-0.4, -0.2) is 38.8 Å². The van der Waals surface area contributed by atoms with Gasteiger partial charge in [-0.25, -0.2) is 9.48 Å². The van der Waals surface area contributed by atoms with Gasteiger partial charge >= 0.3 is 5.97 Å². The molecule has 2 rings (SSSR count). The predicted octanol–water partition coefficient (Wildman–Crippen LogP) is 2.76. The Morgan fingerprint density at radius 2 is 1.96 bits per heavy atom. The van der Waals surface area contributed by atoms with E-state index in [0.29, 0.717) is 12.3 Å². The van der Waals surface area contributed by atoms with Gasteiger partial charge in [0.2, 0.25) is 0 Å². The van der Waals surface area contributed by atoms with E-state index in [1.54, 1.807) is 6.20 Å². The molecule has 0 aliphatic heterocycles. The first-order valence-electron chi connectivity index (χ1n) is 8.91. The highest BCUT2D eigenvalue weighted by atomic mass is 16.5. The molecule has 1 aromatic heterocycles. The molecule has 0 spiro atoms. The normalized spacial score (nSPS) is 13.4. The Morgan fingerprint density at radius 1 is 1.23 bits per heavy atom. The van der Waals surface area contributed by atoms with Crippen LogP contribution in [-0.2, 0) is 16.1 Å². The van der Waals surface area contributed by atoms with Crippen molar-refractivity contribution in [1.29, 1.82) is 0 Å². The molecule has 2 atom stereocenters. The number of aliphatic hydroxyl groups excluding tert-OH is 1. The number of hydrogen-bond acceptors (Lipinski definition) is 6. The fourth-order valence-corrected chi connectivity index (χ4v) is 2.59. The van der Waals surface area contributed by atoms with Gasteiger partial charge in [-0.2, -0.15) is 0 Å². The SMILES string of the molecule is CC(CCCO)Oc1cn([C@H](C(=O)OCc2ccccc2)C(C)C)nn1. The Labute approximate surface area is 153 Å². The van der Waals surface area contributed by atoms with Gasteiger partial charge in [-0.15, -0.1) is 0 Å². The molecule has 1 unspecified atom stereocenters. The maximum Gasteiger partial charge on any atom is 0.331 e. The summed E-state index contributed by atoms with van der Waals surface area (Å²) in [6.45, 7) is 6.12. The summed E-state index contributed by atoms with van der Waals surface area (Å²) in [5.41, 5.74) is 0.934. The lowest BCUT2D eigenvalue weighted by atomic mass is 10.1. The molecule has 142 valence electrons. The van der Waals surface area contributed by atoms with Crippen molar-refractivity contribution in [3.05, 3.63) is 42.1 Å². The molecule has 0 aliphatic rings. The summed E-state index contributed by atoms with van der Waals surface area (Å²) in [5, 5.41) is 16.9. The number of nitrogens with zero attached hydrogens (tertiary/aromatic N) is 3. The molecule has 0 amide bonds. The van der Waals surface area contributed by atoms with Crippen molar-refractivity contribution in [2.45, 2.75) is 52.4 Å².